The van der Waals surface area contributed by atoms with Gasteiger partial charge in [-0.3, -0.25) is 9.48 Å². The minimum Gasteiger partial charge on any atom is -0.481 e. The van der Waals surface area contributed by atoms with Crippen molar-refractivity contribution < 1.29 is 14.7 Å². The highest BCUT2D eigenvalue weighted by Crippen LogP contribution is 2.25. The van der Waals surface area contributed by atoms with E-state index in [9.17, 15) is 14.7 Å². The Morgan fingerprint density at radius 2 is 2.00 bits per heavy atom. The number of hydrogen-bond donors (Lipinski definition) is 3. The molecule has 0 spiro atoms. The SMILES string of the molecule is CCC(CC)(CNC(=O)Nc1cn(C)nc1C)C(=O)O. The number of nitrogens with zero attached hydrogens (tertiary/aromatic N) is 2. The zero-order valence-corrected chi connectivity index (χ0v) is 12.4. The molecule has 0 saturated heterocycles. The molecule has 20 heavy (non-hydrogen) atoms. The van der Waals surface area contributed by atoms with Gasteiger partial charge in [0.2, 0.25) is 0 Å². The molecule has 7 nitrogen and oxygen atoms in total. The summed E-state index contributed by atoms with van der Waals surface area (Å²) in [5, 5.41) is 18.7. The monoisotopic (exact) mass is 282 g/mol. The molecule has 2 amide bonds. The number of carbonyl (C=O) groups is 2. The number of nitrogens with one attached hydrogen (secondary N) is 2. The average Bonchev–Trinajstić information content (AvgIpc) is 2.69. The highest BCUT2D eigenvalue weighted by molar-refractivity contribution is 5.90. The first-order valence-electron chi connectivity index (χ1n) is 6.63. The van der Waals surface area contributed by atoms with E-state index in [2.05, 4.69) is 15.7 Å². The smallest absolute Gasteiger partial charge is 0.319 e. The summed E-state index contributed by atoms with van der Waals surface area (Å²) in [5.74, 6) is -0.889. The summed E-state index contributed by atoms with van der Waals surface area (Å²) < 4.78 is 1.60. The van der Waals surface area contributed by atoms with Crippen LogP contribution >= 0.6 is 0 Å². The van der Waals surface area contributed by atoms with Crippen LogP contribution in [0.1, 0.15) is 32.4 Å². The maximum absolute atomic E-state index is 11.8. The fraction of sp³-hybridized carbons (Fsp3) is 0.615. The summed E-state index contributed by atoms with van der Waals surface area (Å²) in [6.45, 7) is 5.50. The van der Waals surface area contributed by atoms with Gasteiger partial charge in [-0.15, -0.1) is 0 Å². The van der Waals surface area contributed by atoms with Crippen molar-refractivity contribution >= 4 is 17.7 Å². The molecule has 0 aliphatic heterocycles. The van der Waals surface area contributed by atoms with Crippen LogP contribution in [-0.2, 0) is 11.8 Å². The second-order valence-corrected chi connectivity index (χ2v) is 4.90. The quantitative estimate of drug-likeness (QED) is 0.740. The number of carboxylic acid groups (broad SMARTS) is 1. The van der Waals surface area contributed by atoms with E-state index >= 15 is 0 Å². The standard InChI is InChI=1S/C13H22N4O3/c1-5-13(6-2,11(18)19)8-14-12(20)15-10-7-17(4)16-9(10)3/h7H,5-6,8H2,1-4H3,(H,18,19)(H2,14,15,20). The van der Waals surface area contributed by atoms with Crippen molar-refractivity contribution in [3.05, 3.63) is 11.9 Å². The number of rotatable bonds is 6. The normalized spacial score (nSPS) is 11.2. The maximum atomic E-state index is 11.8. The minimum absolute atomic E-state index is 0.0977. The van der Waals surface area contributed by atoms with Crippen molar-refractivity contribution in [2.24, 2.45) is 12.5 Å². The van der Waals surface area contributed by atoms with Crippen molar-refractivity contribution in [3.8, 4) is 0 Å². The van der Waals surface area contributed by atoms with Gasteiger partial charge in [0.05, 0.1) is 16.8 Å². The summed E-state index contributed by atoms with van der Waals surface area (Å²) in [4.78, 5) is 23.1. The molecule has 0 fully saturated rings. The number of urea groups is 1. The molecule has 112 valence electrons. The van der Waals surface area contributed by atoms with E-state index in [-0.39, 0.29) is 6.54 Å². The predicted octanol–water partition coefficient (Wildman–Crippen LogP) is 1.74. The van der Waals surface area contributed by atoms with Crippen LogP contribution in [-0.4, -0.2) is 33.4 Å². The van der Waals surface area contributed by atoms with E-state index in [4.69, 9.17) is 0 Å². The Morgan fingerprint density at radius 3 is 2.40 bits per heavy atom. The van der Waals surface area contributed by atoms with Crippen LogP contribution in [0.2, 0.25) is 0 Å². The molecule has 0 radical (unpaired) electrons. The lowest BCUT2D eigenvalue weighted by Crippen LogP contribution is -2.43. The van der Waals surface area contributed by atoms with Crippen LogP contribution < -0.4 is 10.6 Å². The fourth-order valence-electron chi connectivity index (χ4n) is 2.02. The molecule has 0 bridgehead atoms. The van der Waals surface area contributed by atoms with Gasteiger partial charge in [0.1, 0.15) is 0 Å². The Hall–Kier alpha value is -2.05. The second-order valence-electron chi connectivity index (χ2n) is 4.90. The zero-order chi connectivity index (χ0) is 15.3. The van der Waals surface area contributed by atoms with E-state index in [1.54, 1.807) is 24.9 Å². The number of anilines is 1. The zero-order valence-electron chi connectivity index (χ0n) is 12.4. The number of aryl methyl sites for hydroxylation is 2. The number of carbonyl (C=O) groups excluding carboxylic acids is 1. The predicted molar refractivity (Wildman–Crippen MR) is 75.6 cm³/mol. The third-order valence-electron chi connectivity index (χ3n) is 3.66. The number of aliphatic carboxylic acids is 1. The lowest BCUT2D eigenvalue weighted by Gasteiger charge is -2.26. The maximum Gasteiger partial charge on any atom is 0.319 e. The summed E-state index contributed by atoms with van der Waals surface area (Å²) in [7, 11) is 1.76. The Bertz CT molecular complexity index is 492. The molecule has 0 unspecified atom stereocenters. The minimum atomic E-state index is -0.915. The molecule has 0 aromatic carbocycles. The van der Waals surface area contributed by atoms with E-state index in [0.29, 0.717) is 24.2 Å². The van der Waals surface area contributed by atoms with Gasteiger partial charge in [-0.1, -0.05) is 13.8 Å². The lowest BCUT2D eigenvalue weighted by molar-refractivity contribution is -0.149. The van der Waals surface area contributed by atoms with Gasteiger partial charge in [-0.05, 0) is 19.8 Å². The average molecular weight is 282 g/mol. The van der Waals surface area contributed by atoms with Gasteiger partial charge < -0.3 is 15.7 Å². The topological polar surface area (TPSA) is 96.3 Å². The number of carboxylic acids is 1. The van der Waals surface area contributed by atoms with Gasteiger partial charge in [0, 0.05) is 19.8 Å². The number of hydrogen-bond acceptors (Lipinski definition) is 3. The second kappa shape index (κ2) is 6.40. The van der Waals surface area contributed by atoms with Gasteiger partial charge in [0.15, 0.2) is 0 Å². The van der Waals surface area contributed by atoms with Crippen molar-refractivity contribution in [1.29, 1.82) is 0 Å². The van der Waals surface area contributed by atoms with Crippen LogP contribution in [0.15, 0.2) is 6.20 Å². The molecule has 1 aromatic heterocycles. The summed E-state index contributed by atoms with van der Waals surface area (Å²) in [6.07, 6.45) is 2.62. The van der Waals surface area contributed by atoms with E-state index in [0.717, 1.165) is 0 Å². The molecule has 7 heteroatoms. The molecular weight excluding hydrogens is 260 g/mol. The van der Waals surface area contributed by atoms with Crippen LogP contribution in [0.25, 0.3) is 0 Å². The molecule has 1 rings (SSSR count). The summed E-state index contributed by atoms with van der Waals surface area (Å²) >= 11 is 0. The fourth-order valence-corrected chi connectivity index (χ4v) is 2.02. The highest BCUT2D eigenvalue weighted by atomic mass is 16.4. The van der Waals surface area contributed by atoms with Crippen LogP contribution in [0.5, 0.6) is 0 Å². The Balaban J connectivity index is 2.63. The first-order chi connectivity index (χ1) is 9.34. The van der Waals surface area contributed by atoms with Crippen molar-refractivity contribution in [3.63, 3.8) is 0 Å². The lowest BCUT2D eigenvalue weighted by atomic mass is 9.82. The summed E-state index contributed by atoms with van der Waals surface area (Å²) in [5.41, 5.74) is 0.401. The van der Waals surface area contributed by atoms with Gasteiger partial charge in [-0.25, -0.2) is 4.79 Å². The Kier molecular flexibility index (Phi) is 5.12. The van der Waals surface area contributed by atoms with Crippen molar-refractivity contribution in [1.82, 2.24) is 15.1 Å². The number of amides is 2. The molecule has 0 aliphatic rings. The molecule has 1 aromatic rings. The van der Waals surface area contributed by atoms with Crippen LogP contribution in [0.4, 0.5) is 10.5 Å². The Morgan fingerprint density at radius 1 is 1.40 bits per heavy atom. The number of aromatic nitrogens is 2. The van der Waals surface area contributed by atoms with E-state index < -0.39 is 17.4 Å². The van der Waals surface area contributed by atoms with E-state index in [1.807, 2.05) is 13.8 Å². The third-order valence-corrected chi connectivity index (χ3v) is 3.66. The first-order valence-corrected chi connectivity index (χ1v) is 6.63. The van der Waals surface area contributed by atoms with E-state index in [1.165, 1.54) is 0 Å². The highest BCUT2D eigenvalue weighted by Gasteiger charge is 2.35. The van der Waals surface area contributed by atoms with Crippen LogP contribution in [0, 0.1) is 12.3 Å². The Labute approximate surface area is 118 Å². The van der Waals surface area contributed by atoms with Crippen molar-refractivity contribution in [2.75, 3.05) is 11.9 Å². The summed E-state index contributed by atoms with van der Waals surface area (Å²) in [6, 6.07) is -0.423. The van der Waals surface area contributed by atoms with Crippen molar-refractivity contribution in [2.45, 2.75) is 33.6 Å². The molecule has 0 atom stereocenters. The largest absolute Gasteiger partial charge is 0.481 e. The third kappa shape index (κ3) is 3.49. The molecule has 0 saturated carbocycles. The molecule has 1 heterocycles. The molecule has 3 N–H and O–H groups in total. The van der Waals surface area contributed by atoms with Crippen LogP contribution in [0.3, 0.4) is 0 Å². The van der Waals surface area contributed by atoms with Gasteiger partial charge >= 0.3 is 12.0 Å². The molecular formula is C13H22N4O3. The first kappa shape index (κ1) is 16.0. The van der Waals surface area contributed by atoms with Gasteiger partial charge in [0.25, 0.3) is 0 Å². The van der Waals surface area contributed by atoms with Gasteiger partial charge in [-0.2, -0.15) is 5.10 Å². The molecule has 0 aliphatic carbocycles.